The van der Waals surface area contributed by atoms with E-state index in [-0.39, 0.29) is 11.9 Å². The van der Waals surface area contributed by atoms with Crippen molar-refractivity contribution in [2.24, 2.45) is 0 Å². The van der Waals surface area contributed by atoms with E-state index in [1.807, 2.05) is 32.2 Å². The Kier molecular flexibility index (Phi) is 6.00. The molecular formula is C18H26N2O. The van der Waals surface area contributed by atoms with Crippen LogP contribution in [0.5, 0.6) is 0 Å². The molecule has 0 saturated heterocycles. The minimum Gasteiger partial charge on any atom is -0.352 e. The molecule has 1 unspecified atom stereocenters. The van der Waals surface area contributed by atoms with Gasteiger partial charge in [-0.2, -0.15) is 0 Å². The van der Waals surface area contributed by atoms with Gasteiger partial charge in [-0.15, -0.1) is 0 Å². The predicted octanol–water partition coefficient (Wildman–Crippen LogP) is 3.08. The summed E-state index contributed by atoms with van der Waals surface area (Å²) in [6, 6.07) is 10.5. The predicted molar refractivity (Wildman–Crippen MR) is 88.0 cm³/mol. The maximum atomic E-state index is 12.2. The molecule has 1 N–H and O–H groups in total. The van der Waals surface area contributed by atoms with E-state index in [2.05, 4.69) is 34.5 Å². The van der Waals surface area contributed by atoms with Crippen LogP contribution in [-0.2, 0) is 4.79 Å². The minimum atomic E-state index is -0.0916. The molecule has 0 spiro atoms. The molecule has 1 aliphatic rings. The summed E-state index contributed by atoms with van der Waals surface area (Å²) in [5, 5.41) is 3.16. The Morgan fingerprint density at radius 1 is 1.33 bits per heavy atom. The molecule has 21 heavy (non-hydrogen) atoms. The van der Waals surface area contributed by atoms with Crippen molar-refractivity contribution in [1.29, 1.82) is 0 Å². The van der Waals surface area contributed by atoms with Crippen molar-refractivity contribution in [3.05, 3.63) is 42.0 Å². The largest absolute Gasteiger partial charge is 0.352 e. The molecule has 1 aromatic carbocycles. The van der Waals surface area contributed by atoms with Crippen LogP contribution in [0.3, 0.4) is 0 Å². The molecule has 1 aromatic rings. The third-order valence-corrected chi connectivity index (χ3v) is 4.25. The first-order chi connectivity index (χ1) is 10.2. The molecule has 3 nitrogen and oxygen atoms in total. The van der Waals surface area contributed by atoms with E-state index >= 15 is 0 Å². The SMILES string of the molecule is CC(C(=O)NC1CCCC1)N(C)C/C=C/c1ccccc1. The molecule has 3 heteroatoms. The molecule has 114 valence electrons. The van der Waals surface area contributed by atoms with Crippen LogP contribution in [0.4, 0.5) is 0 Å². The highest BCUT2D eigenvalue weighted by molar-refractivity contribution is 5.81. The van der Waals surface area contributed by atoms with Gasteiger partial charge in [-0.3, -0.25) is 9.69 Å². The zero-order chi connectivity index (χ0) is 15.1. The van der Waals surface area contributed by atoms with E-state index in [4.69, 9.17) is 0 Å². The fourth-order valence-electron chi connectivity index (χ4n) is 2.67. The second-order valence-electron chi connectivity index (χ2n) is 5.92. The van der Waals surface area contributed by atoms with Gasteiger partial charge >= 0.3 is 0 Å². The Balaban J connectivity index is 1.77. The van der Waals surface area contributed by atoms with Gasteiger partial charge in [0.25, 0.3) is 0 Å². The smallest absolute Gasteiger partial charge is 0.237 e. The van der Waals surface area contributed by atoms with Gasteiger partial charge in [-0.1, -0.05) is 55.3 Å². The molecule has 1 aliphatic carbocycles. The topological polar surface area (TPSA) is 32.3 Å². The third kappa shape index (κ3) is 5.01. The van der Waals surface area contributed by atoms with Crippen molar-refractivity contribution < 1.29 is 4.79 Å². The quantitative estimate of drug-likeness (QED) is 0.871. The van der Waals surface area contributed by atoms with E-state index < -0.39 is 0 Å². The number of benzene rings is 1. The number of amides is 1. The molecule has 0 heterocycles. The number of carbonyl (C=O) groups is 1. The van der Waals surface area contributed by atoms with Crippen LogP contribution in [0.2, 0.25) is 0 Å². The van der Waals surface area contributed by atoms with Crippen molar-refractivity contribution in [2.45, 2.75) is 44.7 Å². The van der Waals surface area contributed by atoms with Crippen LogP contribution in [0, 0.1) is 0 Å². The lowest BCUT2D eigenvalue weighted by atomic mass is 10.2. The van der Waals surface area contributed by atoms with Crippen molar-refractivity contribution in [1.82, 2.24) is 10.2 Å². The van der Waals surface area contributed by atoms with Crippen LogP contribution in [0.15, 0.2) is 36.4 Å². The number of nitrogens with zero attached hydrogens (tertiary/aromatic N) is 1. The van der Waals surface area contributed by atoms with E-state index in [0.717, 1.165) is 19.4 Å². The first-order valence-corrected chi connectivity index (χ1v) is 7.89. The standard InChI is InChI=1S/C18H26N2O/c1-15(18(21)19-17-12-6-7-13-17)20(2)14-8-11-16-9-4-3-5-10-16/h3-5,8-11,15,17H,6-7,12-14H2,1-2H3,(H,19,21)/b11-8+. The van der Waals surface area contributed by atoms with Gasteiger partial charge < -0.3 is 5.32 Å². The average molecular weight is 286 g/mol. The lowest BCUT2D eigenvalue weighted by Gasteiger charge is -2.24. The highest BCUT2D eigenvalue weighted by Crippen LogP contribution is 2.17. The zero-order valence-corrected chi connectivity index (χ0v) is 13.1. The van der Waals surface area contributed by atoms with Gasteiger partial charge in [0.1, 0.15) is 0 Å². The normalized spacial score (nSPS) is 17.5. The second-order valence-corrected chi connectivity index (χ2v) is 5.92. The summed E-state index contributed by atoms with van der Waals surface area (Å²) >= 11 is 0. The van der Waals surface area contributed by atoms with Gasteiger partial charge in [0.2, 0.25) is 5.91 Å². The fourth-order valence-corrected chi connectivity index (χ4v) is 2.67. The van der Waals surface area contributed by atoms with Gasteiger partial charge in [0.15, 0.2) is 0 Å². The minimum absolute atomic E-state index is 0.0916. The van der Waals surface area contributed by atoms with Crippen molar-refractivity contribution in [3.63, 3.8) is 0 Å². The summed E-state index contributed by atoms with van der Waals surface area (Å²) in [6.07, 6.45) is 8.96. The van der Waals surface area contributed by atoms with E-state index in [9.17, 15) is 4.79 Å². The monoisotopic (exact) mass is 286 g/mol. The van der Waals surface area contributed by atoms with Crippen LogP contribution in [-0.4, -0.2) is 36.5 Å². The highest BCUT2D eigenvalue weighted by atomic mass is 16.2. The summed E-state index contributed by atoms with van der Waals surface area (Å²) in [5.74, 6) is 0.150. The molecule has 0 aromatic heterocycles. The van der Waals surface area contributed by atoms with Crippen LogP contribution < -0.4 is 5.32 Å². The van der Waals surface area contributed by atoms with Gasteiger partial charge in [0, 0.05) is 12.6 Å². The molecule has 0 aliphatic heterocycles. The maximum Gasteiger partial charge on any atom is 0.237 e. The van der Waals surface area contributed by atoms with E-state index in [0.29, 0.717) is 6.04 Å². The number of hydrogen-bond acceptors (Lipinski definition) is 2. The lowest BCUT2D eigenvalue weighted by molar-refractivity contribution is -0.125. The molecule has 0 radical (unpaired) electrons. The molecular weight excluding hydrogens is 260 g/mol. The lowest BCUT2D eigenvalue weighted by Crippen LogP contribution is -2.46. The summed E-state index contributed by atoms with van der Waals surface area (Å²) in [6.45, 7) is 2.74. The number of likely N-dealkylation sites (N-methyl/N-ethyl adjacent to an activating group) is 1. The van der Waals surface area contributed by atoms with Crippen molar-refractivity contribution >= 4 is 12.0 Å². The summed E-state index contributed by atoms with van der Waals surface area (Å²) in [5.41, 5.74) is 1.19. The Morgan fingerprint density at radius 3 is 2.67 bits per heavy atom. The summed E-state index contributed by atoms with van der Waals surface area (Å²) < 4.78 is 0. The van der Waals surface area contributed by atoms with Crippen LogP contribution >= 0.6 is 0 Å². The number of nitrogens with one attached hydrogen (secondary N) is 1. The summed E-state index contributed by atoms with van der Waals surface area (Å²) in [4.78, 5) is 14.3. The van der Waals surface area contributed by atoms with Crippen LogP contribution in [0.25, 0.3) is 6.08 Å². The zero-order valence-electron chi connectivity index (χ0n) is 13.1. The third-order valence-electron chi connectivity index (χ3n) is 4.25. The fraction of sp³-hybridized carbons (Fsp3) is 0.500. The van der Waals surface area contributed by atoms with Gasteiger partial charge in [-0.25, -0.2) is 0 Å². The number of hydrogen-bond donors (Lipinski definition) is 1. The molecule has 1 amide bonds. The van der Waals surface area contributed by atoms with Gasteiger partial charge in [0.05, 0.1) is 6.04 Å². The number of carbonyl (C=O) groups excluding carboxylic acids is 1. The molecule has 0 bridgehead atoms. The first-order valence-electron chi connectivity index (χ1n) is 7.89. The molecule has 2 rings (SSSR count). The molecule has 1 fully saturated rings. The van der Waals surface area contributed by atoms with E-state index in [1.165, 1.54) is 18.4 Å². The Morgan fingerprint density at radius 2 is 2.00 bits per heavy atom. The first kappa shape index (κ1) is 15.8. The van der Waals surface area contributed by atoms with Gasteiger partial charge in [-0.05, 0) is 32.4 Å². The van der Waals surface area contributed by atoms with Crippen LogP contribution in [0.1, 0.15) is 38.2 Å². The second kappa shape index (κ2) is 7.99. The average Bonchev–Trinajstić information content (AvgIpc) is 3.00. The van der Waals surface area contributed by atoms with Crippen molar-refractivity contribution in [3.8, 4) is 0 Å². The maximum absolute atomic E-state index is 12.2. The Labute approximate surface area is 128 Å². The van der Waals surface area contributed by atoms with E-state index in [1.54, 1.807) is 0 Å². The number of rotatable bonds is 6. The molecule has 1 atom stereocenters. The molecule has 1 saturated carbocycles. The Hall–Kier alpha value is -1.61. The summed E-state index contributed by atoms with van der Waals surface area (Å²) in [7, 11) is 1.99. The van der Waals surface area contributed by atoms with Crippen molar-refractivity contribution in [2.75, 3.05) is 13.6 Å². The highest BCUT2D eigenvalue weighted by Gasteiger charge is 2.22. The Bertz CT molecular complexity index is 463.